The number of amides is 1. The summed E-state index contributed by atoms with van der Waals surface area (Å²) in [6, 6.07) is 2.16. The smallest absolute Gasteiger partial charge is 0.220 e. The molecule has 1 aromatic heterocycles. The molecule has 1 atom stereocenters. The molecule has 4 nitrogen and oxygen atoms in total. The first kappa shape index (κ1) is 7.34. The topological polar surface area (TPSA) is 46.9 Å². The second-order valence-corrected chi connectivity index (χ2v) is 3.03. The molecule has 1 aromatic rings. The van der Waals surface area contributed by atoms with Crippen molar-refractivity contribution >= 4 is 5.91 Å². The van der Waals surface area contributed by atoms with Crippen LogP contribution in [0.4, 0.5) is 0 Å². The van der Waals surface area contributed by atoms with Crippen LogP contribution in [0.2, 0.25) is 0 Å². The zero-order valence-corrected chi connectivity index (χ0v) is 6.73. The molecule has 1 amide bonds. The van der Waals surface area contributed by atoms with E-state index in [0.29, 0.717) is 6.42 Å². The van der Waals surface area contributed by atoms with E-state index >= 15 is 0 Å². The minimum atomic E-state index is 0.159. The van der Waals surface area contributed by atoms with Crippen molar-refractivity contribution < 1.29 is 4.79 Å². The number of rotatable bonds is 2. The Morgan fingerprint density at radius 2 is 2.67 bits per heavy atom. The molecule has 0 spiro atoms. The molecule has 12 heavy (non-hydrogen) atoms. The number of hydrogen-bond acceptors (Lipinski definition) is 2. The molecule has 0 bridgehead atoms. The van der Waals surface area contributed by atoms with Gasteiger partial charge in [-0.3, -0.25) is 9.48 Å². The van der Waals surface area contributed by atoms with E-state index < -0.39 is 0 Å². The molecule has 0 saturated carbocycles. The average molecular weight is 165 g/mol. The molecule has 1 N–H and O–H groups in total. The molecule has 4 heteroatoms. The maximum absolute atomic E-state index is 10.8. The lowest BCUT2D eigenvalue weighted by molar-refractivity contribution is -0.119. The van der Waals surface area contributed by atoms with Crippen molar-refractivity contribution in [3.63, 3.8) is 0 Å². The van der Waals surface area contributed by atoms with E-state index in [9.17, 15) is 4.79 Å². The van der Waals surface area contributed by atoms with E-state index in [1.54, 1.807) is 6.20 Å². The molecule has 1 saturated heterocycles. The molecular formula is C8H11N3O. The quantitative estimate of drug-likeness (QED) is 0.678. The SMILES string of the molecule is O=C1CCC(Cn2cccn2)N1. The van der Waals surface area contributed by atoms with Gasteiger partial charge in [-0.2, -0.15) is 5.10 Å². The first-order valence-electron chi connectivity index (χ1n) is 4.11. The van der Waals surface area contributed by atoms with Gasteiger partial charge in [0.15, 0.2) is 0 Å². The largest absolute Gasteiger partial charge is 0.351 e. The van der Waals surface area contributed by atoms with E-state index in [1.165, 1.54) is 0 Å². The molecule has 1 unspecified atom stereocenters. The summed E-state index contributed by atoms with van der Waals surface area (Å²) in [5.74, 6) is 0.159. The summed E-state index contributed by atoms with van der Waals surface area (Å²) in [6.07, 6.45) is 5.24. The third kappa shape index (κ3) is 1.47. The lowest BCUT2D eigenvalue weighted by Gasteiger charge is -2.08. The normalized spacial score (nSPS) is 22.7. The third-order valence-electron chi connectivity index (χ3n) is 2.05. The van der Waals surface area contributed by atoms with E-state index in [1.807, 2.05) is 16.9 Å². The van der Waals surface area contributed by atoms with Crippen LogP contribution in [0.1, 0.15) is 12.8 Å². The molecule has 1 aliphatic heterocycles. The van der Waals surface area contributed by atoms with Gasteiger partial charge in [-0.05, 0) is 12.5 Å². The van der Waals surface area contributed by atoms with Crippen LogP contribution in [-0.4, -0.2) is 21.7 Å². The van der Waals surface area contributed by atoms with Gasteiger partial charge in [-0.25, -0.2) is 0 Å². The summed E-state index contributed by atoms with van der Waals surface area (Å²) in [7, 11) is 0. The van der Waals surface area contributed by atoms with Crippen LogP contribution in [0.3, 0.4) is 0 Å². The Labute approximate surface area is 70.6 Å². The Morgan fingerprint density at radius 3 is 3.25 bits per heavy atom. The van der Waals surface area contributed by atoms with Crippen molar-refractivity contribution in [3.8, 4) is 0 Å². The number of nitrogens with one attached hydrogen (secondary N) is 1. The Balaban J connectivity index is 1.92. The highest BCUT2D eigenvalue weighted by Gasteiger charge is 2.20. The minimum Gasteiger partial charge on any atom is -0.351 e. The molecule has 0 radical (unpaired) electrons. The first-order chi connectivity index (χ1) is 5.84. The van der Waals surface area contributed by atoms with Crippen LogP contribution >= 0.6 is 0 Å². The Hall–Kier alpha value is -1.32. The first-order valence-corrected chi connectivity index (χ1v) is 4.11. The molecule has 1 fully saturated rings. The molecule has 64 valence electrons. The summed E-state index contributed by atoms with van der Waals surface area (Å²) < 4.78 is 1.84. The Kier molecular flexibility index (Phi) is 1.81. The predicted octanol–water partition coefficient (Wildman–Crippen LogP) is 0.162. The van der Waals surface area contributed by atoms with Crippen LogP contribution in [0.15, 0.2) is 18.5 Å². The van der Waals surface area contributed by atoms with E-state index in [0.717, 1.165) is 13.0 Å². The predicted molar refractivity (Wildman–Crippen MR) is 43.4 cm³/mol. The van der Waals surface area contributed by atoms with Gasteiger partial charge < -0.3 is 5.32 Å². The van der Waals surface area contributed by atoms with E-state index in [4.69, 9.17) is 0 Å². The van der Waals surface area contributed by atoms with Crippen LogP contribution in [0.5, 0.6) is 0 Å². The molecule has 2 rings (SSSR count). The Morgan fingerprint density at radius 1 is 1.75 bits per heavy atom. The number of aromatic nitrogens is 2. The van der Waals surface area contributed by atoms with Crippen LogP contribution < -0.4 is 5.32 Å². The van der Waals surface area contributed by atoms with Gasteiger partial charge in [0, 0.05) is 24.9 Å². The van der Waals surface area contributed by atoms with Gasteiger partial charge >= 0.3 is 0 Å². The van der Waals surface area contributed by atoms with Crippen molar-refractivity contribution in [2.24, 2.45) is 0 Å². The van der Waals surface area contributed by atoms with Gasteiger partial charge in [0.2, 0.25) is 5.91 Å². The van der Waals surface area contributed by atoms with Crippen LogP contribution in [0, 0.1) is 0 Å². The highest BCUT2D eigenvalue weighted by molar-refractivity contribution is 5.78. The summed E-state index contributed by atoms with van der Waals surface area (Å²) in [6.45, 7) is 0.790. The number of hydrogen-bond donors (Lipinski definition) is 1. The fourth-order valence-corrected chi connectivity index (χ4v) is 1.45. The number of carbonyl (C=O) groups is 1. The van der Waals surface area contributed by atoms with E-state index in [-0.39, 0.29) is 11.9 Å². The highest BCUT2D eigenvalue weighted by Crippen LogP contribution is 2.07. The monoisotopic (exact) mass is 165 g/mol. The molecular weight excluding hydrogens is 154 g/mol. The lowest BCUT2D eigenvalue weighted by Crippen LogP contribution is -2.29. The van der Waals surface area contributed by atoms with Crippen molar-refractivity contribution in [1.82, 2.24) is 15.1 Å². The summed E-state index contributed by atoms with van der Waals surface area (Å²) >= 11 is 0. The van der Waals surface area contributed by atoms with Gasteiger partial charge in [0.05, 0.1) is 6.54 Å². The second kappa shape index (κ2) is 2.97. The molecule has 0 aromatic carbocycles. The zero-order valence-electron chi connectivity index (χ0n) is 6.73. The molecule has 2 heterocycles. The van der Waals surface area contributed by atoms with Crippen LogP contribution in [0.25, 0.3) is 0 Å². The second-order valence-electron chi connectivity index (χ2n) is 3.03. The van der Waals surface area contributed by atoms with Crippen molar-refractivity contribution in [2.45, 2.75) is 25.4 Å². The number of nitrogens with zero attached hydrogens (tertiary/aromatic N) is 2. The summed E-state index contributed by atoms with van der Waals surface area (Å²) in [4.78, 5) is 10.8. The highest BCUT2D eigenvalue weighted by atomic mass is 16.1. The third-order valence-corrected chi connectivity index (χ3v) is 2.05. The van der Waals surface area contributed by atoms with Gasteiger partial charge in [-0.1, -0.05) is 0 Å². The van der Waals surface area contributed by atoms with Crippen molar-refractivity contribution in [2.75, 3.05) is 0 Å². The summed E-state index contributed by atoms with van der Waals surface area (Å²) in [5.41, 5.74) is 0. The Bertz CT molecular complexity index is 268. The standard InChI is InChI=1S/C8H11N3O/c12-8-3-2-7(10-8)6-11-5-1-4-9-11/h1,4-5,7H,2-3,6H2,(H,10,12). The minimum absolute atomic E-state index is 0.159. The van der Waals surface area contributed by atoms with Gasteiger partial charge in [0.25, 0.3) is 0 Å². The fourth-order valence-electron chi connectivity index (χ4n) is 1.45. The van der Waals surface area contributed by atoms with Gasteiger partial charge in [-0.15, -0.1) is 0 Å². The maximum Gasteiger partial charge on any atom is 0.220 e. The van der Waals surface area contributed by atoms with Gasteiger partial charge in [0.1, 0.15) is 0 Å². The van der Waals surface area contributed by atoms with Crippen LogP contribution in [-0.2, 0) is 11.3 Å². The fraction of sp³-hybridized carbons (Fsp3) is 0.500. The van der Waals surface area contributed by atoms with E-state index in [2.05, 4.69) is 10.4 Å². The lowest BCUT2D eigenvalue weighted by atomic mass is 10.2. The maximum atomic E-state index is 10.8. The average Bonchev–Trinajstić information content (AvgIpc) is 2.63. The number of carbonyl (C=O) groups excluding carboxylic acids is 1. The summed E-state index contributed by atoms with van der Waals surface area (Å²) in [5, 5.41) is 6.96. The molecule has 0 aliphatic carbocycles. The van der Waals surface area contributed by atoms with Crippen molar-refractivity contribution in [1.29, 1.82) is 0 Å². The van der Waals surface area contributed by atoms with Crippen molar-refractivity contribution in [3.05, 3.63) is 18.5 Å². The molecule has 1 aliphatic rings. The zero-order chi connectivity index (χ0) is 8.39.